The Kier molecular flexibility index (Phi) is 3.21. The molecule has 2 aromatic rings. The minimum atomic E-state index is -0.267. The van der Waals surface area contributed by atoms with Crippen LogP contribution in [0.15, 0.2) is 52.8 Å². The molecule has 1 aromatic carbocycles. The van der Waals surface area contributed by atoms with Crippen molar-refractivity contribution < 1.29 is 4.39 Å². The molecule has 0 saturated heterocycles. The summed E-state index contributed by atoms with van der Waals surface area (Å²) in [4.78, 5) is 4.31. The van der Waals surface area contributed by atoms with Gasteiger partial charge in [-0.25, -0.2) is 4.39 Å². The van der Waals surface area contributed by atoms with Crippen molar-refractivity contribution in [3.63, 3.8) is 0 Å². The Hall–Kier alpha value is -2.61. The van der Waals surface area contributed by atoms with Crippen molar-refractivity contribution in [2.24, 2.45) is 10.2 Å². The zero-order valence-electron chi connectivity index (χ0n) is 10.6. The second-order valence-electron chi connectivity index (χ2n) is 4.63. The van der Waals surface area contributed by atoms with Gasteiger partial charge in [-0.3, -0.25) is 4.98 Å². The van der Waals surface area contributed by atoms with E-state index in [1.807, 2.05) is 12.1 Å². The molecule has 1 aliphatic rings. The van der Waals surface area contributed by atoms with Crippen LogP contribution in [0, 0.1) is 17.1 Å². The maximum Gasteiger partial charge on any atom is 0.123 e. The largest absolute Gasteiger partial charge is 0.259 e. The smallest absolute Gasteiger partial charge is 0.123 e. The van der Waals surface area contributed by atoms with E-state index in [0.717, 1.165) is 11.3 Å². The Labute approximate surface area is 115 Å². The van der Waals surface area contributed by atoms with E-state index >= 15 is 0 Å². The fourth-order valence-corrected chi connectivity index (χ4v) is 2.31. The van der Waals surface area contributed by atoms with Crippen LogP contribution < -0.4 is 0 Å². The lowest BCUT2D eigenvalue weighted by Crippen LogP contribution is -2.09. The molecule has 2 heterocycles. The molecule has 5 heteroatoms. The van der Waals surface area contributed by atoms with Crippen molar-refractivity contribution >= 4 is 0 Å². The van der Waals surface area contributed by atoms with Crippen LogP contribution in [0.25, 0.3) is 0 Å². The lowest BCUT2D eigenvalue weighted by molar-refractivity contribution is 0.607. The van der Waals surface area contributed by atoms with Crippen molar-refractivity contribution in [1.29, 1.82) is 5.26 Å². The van der Waals surface area contributed by atoms with Gasteiger partial charge in [0.2, 0.25) is 0 Å². The Bertz CT molecular complexity index is 671. The van der Waals surface area contributed by atoms with Crippen LogP contribution in [0.3, 0.4) is 0 Å². The molecule has 20 heavy (non-hydrogen) atoms. The number of aromatic nitrogens is 1. The highest BCUT2D eigenvalue weighted by Crippen LogP contribution is 2.38. The van der Waals surface area contributed by atoms with E-state index in [1.165, 1.54) is 12.1 Å². The van der Waals surface area contributed by atoms with Gasteiger partial charge in [0.25, 0.3) is 0 Å². The van der Waals surface area contributed by atoms with Gasteiger partial charge in [-0.15, -0.1) is 0 Å². The van der Waals surface area contributed by atoms with E-state index in [2.05, 4.69) is 15.2 Å². The second-order valence-corrected chi connectivity index (χ2v) is 4.63. The number of nitrogens with zero attached hydrogens (tertiary/aromatic N) is 4. The molecule has 1 aliphatic heterocycles. The van der Waals surface area contributed by atoms with Crippen molar-refractivity contribution in [2.45, 2.75) is 12.0 Å². The Morgan fingerprint density at radius 1 is 1.15 bits per heavy atom. The maximum atomic E-state index is 13.0. The second kappa shape index (κ2) is 5.17. The molecule has 1 aromatic heterocycles. The topological polar surface area (TPSA) is 61.4 Å². The number of benzene rings is 1. The molecular formula is C15H11FN4. The molecule has 2 unspecified atom stereocenters. The van der Waals surface area contributed by atoms with Gasteiger partial charge < -0.3 is 0 Å². The van der Waals surface area contributed by atoms with Gasteiger partial charge in [-0.2, -0.15) is 15.5 Å². The summed E-state index contributed by atoms with van der Waals surface area (Å²) < 4.78 is 13.0. The van der Waals surface area contributed by atoms with Gasteiger partial charge in [-0.05, 0) is 29.8 Å². The average Bonchev–Trinajstić information content (AvgIpc) is 2.97. The zero-order chi connectivity index (χ0) is 13.9. The molecule has 0 N–H and O–H groups in total. The summed E-state index contributed by atoms with van der Waals surface area (Å²) >= 11 is 0. The van der Waals surface area contributed by atoms with Gasteiger partial charge >= 0.3 is 0 Å². The van der Waals surface area contributed by atoms with Crippen molar-refractivity contribution in [1.82, 2.24) is 4.98 Å². The van der Waals surface area contributed by atoms with E-state index in [1.54, 1.807) is 24.4 Å². The summed E-state index contributed by atoms with van der Waals surface area (Å²) in [7, 11) is 0. The van der Waals surface area contributed by atoms with Crippen LogP contribution >= 0.6 is 0 Å². The van der Waals surface area contributed by atoms with Crippen LogP contribution in [-0.2, 0) is 0 Å². The molecule has 0 aliphatic carbocycles. The molecule has 4 nitrogen and oxygen atoms in total. The van der Waals surface area contributed by atoms with Crippen LogP contribution in [0.5, 0.6) is 0 Å². The molecule has 0 bridgehead atoms. The predicted molar refractivity (Wildman–Crippen MR) is 70.6 cm³/mol. The van der Waals surface area contributed by atoms with Gasteiger partial charge in [-0.1, -0.05) is 12.1 Å². The lowest BCUT2D eigenvalue weighted by Gasteiger charge is -2.16. The Morgan fingerprint density at radius 2 is 1.95 bits per heavy atom. The van der Waals surface area contributed by atoms with Crippen molar-refractivity contribution in [3.05, 3.63) is 65.2 Å². The molecule has 0 spiro atoms. The Morgan fingerprint density at radius 3 is 2.60 bits per heavy atom. The van der Waals surface area contributed by atoms with Crippen LogP contribution in [0.1, 0.15) is 28.8 Å². The fraction of sp³-hybridized carbons (Fsp3) is 0.200. The number of halogens is 1. The maximum absolute atomic E-state index is 13.0. The molecule has 3 rings (SSSR count). The first-order chi connectivity index (χ1) is 9.78. The number of hydrogen-bond acceptors (Lipinski definition) is 4. The standard InChI is InChI=1S/C15H11FN4/c16-12-4-2-11(3-5-12)15-13(9-19-20-15)14-6-1-10(7-17)8-18-14/h1-6,8,13,15H,9H2. The first-order valence-electron chi connectivity index (χ1n) is 6.26. The average molecular weight is 266 g/mol. The van der Waals surface area contributed by atoms with Crippen LogP contribution in [0.4, 0.5) is 4.39 Å². The van der Waals surface area contributed by atoms with Gasteiger partial charge in [0.15, 0.2) is 0 Å². The third-order valence-corrected chi connectivity index (χ3v) is 3.37. The van der Waals surface area contributed by atoms with Crippen molar-refractivity contribution in [3.8, 4) is 6.07 Å². The highest BCUT2D eigenvalue weighted by atomic mass is 19.1. The van der Waals surface area contributed by atoms with E-state index in [4.69, 9.17) is 5.26 Å². The monoisotopic (exact) mass is 266 g/mol. The molecule has 2 atom stereocenters. The first-order valence-corrected chi connectivity index (χ1v) is 6.26. The quantitative estimate of drug-likeness (QED) is 0.836. The molecule has 0 amide bonds. The molecule has 0 saturated carbocycles. The highest BCUT2D eigenvalue weighted by molar-refractivity contribution is 5.31. The normalized spacial score (nSPS) is 20.8. The van der Waals surface area contributed by atoms with E-state index in [0.29, 0.717) is 12.1 Å². The van der Waals surface area contributed by atoms with E-state index in [-0.39, 0.29) is 17.8 Å². The summed E-state index contributed by atoms with van der Waals surface area (Å²) in [5, 5.41) is 17.1. The van der Waals surface area contributed by atoms with E-state index in [9.17, 15) is 4.39 Å². The minimum Gasteiger partial charge on any atom is -0.259 e. The Balaban J connectivity index is 1.89. The fourth-order valence-electron chi connectivity index (χ4n) is 2.31. The first kappa shape index (κ1) is 12.4. The molecule has 98 valence electrons. The number of hydrogen-bond donors (Lipinski definition) is 0. The summed E-state index contributed by atoms with van der Waals surface area (Å²) in [5.74, 6) is -0.232. The summed E-state index contributed by atoms with van der Waals surface area (Å²) in [6.45, 7) is 0.556. The zero-order valence-corrected chi connectivity index (χ0v) is 10.6. The molecule has 0 radical (unpaired) electrons. The lowest BCUT2D eigenvalue weighted by atomic mass is 9.91. The van der Waals surface area contributed by atoms with Gasteiger partial charge in [0.05, 0.1) is 18.0 Å². The van der Waals surface area contributed by atoms with Crippen molar-refractivity contribution in [2.75, 3.05) is 6.54 Å². The van der Waals surface area contributed by atoms with Gasteiger partial charge in [0, 0.05) is 11.9 Å². The number of nitriles is 1. The highest BCUT2D eigenvalue weighted by Gasteiger charge is 2.29. The number of rotatable bonds is 2. The summed E-state index contributed by atoms with van der Waals surface area (Å²) in [6, 6.07) is 11.8. The molecule has 0 fully saturated rings. The van der Waals surface area contributed by atoms with E-state index < -0.39 is 0 Å². The third kappa shape index (κ3) is 2.28. The van der Waals surface area contributed by atoms with Gasteiger partial charge in [0.1, 0.15) is 17.9 Å². The third-order valence-electron chi connectivity index (χ3n) is 3.37. The minimum absolute atomic E-state index is 0.0354. The number of azo groups is 1. The summed E-state index contributed by atoms with van der Waals surface area (Å²) in [6.07, 6.45) is 1.55. The molecular weight excluding hydrogens is 255 g/mol. The predicted octanol–water partition coefficient (Wildman–Crippen LogP) is 3.38. The van der Waals surface area contributed by atoms with Crippen LogP contribution in [-0.4, -0.2) is 11.5 Å². The SMILES string of the molecule is N#Cc1ccc(C2CN=NC2c2ccc(F)cc2)nc1. The number of pyridine rings is 1. The summed E-state index contributed by atoms with van der Waals surface area (Å²) in [5.41, 5.74) is 2.30. The van der Waals surface area contributed by atoms with Crippen LogP contribution in [0.2, 0.25) is 0 Å².